The van der Waals surface area contributed by atoms with E-state index < -0.39 is 27.8 Å². The van der Waals surface area contributed by atoms with Crippen molar-refractivity contribution in [2.45, 2.75) is 18.7 Å². The van der Waals surface area contributed by atoms with Crippen molar-refractivity contribution in [1.29, 1.82) is 0 Å². The second-order valence-corrected chi connectivity index (χ2v) is 7.90. The normalized spacial score (nSPS) is 16.6. The van der Waals surface area contributed by atoms with Gasteiger partial charge in [0, 0.05) is 0 Å². The Hall–Kier alpha value is -3.07. The SMILES string of the molecule is COc1ccc(C)cc1NS(=O)(=O)c1ccc2c(c1)NC(=O)C(C)C(=O)N2. The molecule has 27 heavy (non-hydrogen) atoms. The van der Waals surface area contributed by atoms with Crippen molar-refractivity contribution in [2.75, 3.05) is 22.5 Å². The Morgan fingerprint density at radius 3 is 2.33 bits per heavy atom. The Morgan fingerprint density at radius 1 is 1.00 bits per heavy atom. The van der Waals surface area contributed by atoms with E-state index in [9.17, 15) is 18.0 Å². The van der Waals surface area contributed by atoms with E-state index in [2.05, 4.69) is 15.4 Å². The van der Waals surface area contributed by atoms with Gasteiger partial charge < -0.3 is 15.4 Å². The molecule has 0 saturated heterocycles. The quantitative estimate of drug-likeness (QED) is 0.695. The maximum atomic E-state index is 12.8. The highest BCUT2D eigenvalue weighted by atomic mass is 32.2. The lowest BCUT2D eigenvalue weighted by Gasteiger charge is -2.14. The van der Waals surface area contributed by atoms with E-state index >= 15 is 0 Å². The van der Waals surface area contributed by atoms with Crippen LogP contribution in [0.3, 0.4) is 0 Å². The number of benzene rings is 2. The molecule has 0 aromatic heterocycles. The fraction of sp³-hybridized carbons (Fsp3) is 0.222. The van der Waals surface area contributed by atoms with Crippen LogP contribution >= 0.6 is 0 Å². The molecule has 1 aliphatic heterocycles. The number of rotatable bonds is 4. The van der Waals surface area contributed by atoms with E-state index in [1.807, 2.05) is 6.92 Å². The first-order valence-corrected chi connectivity index (χ1v) is 9.63. The van der Waals surface area contributed by atoms with Gasteiger partial charge in [-0.05, 0) is 49.7 Å². The van der Waals surface area contributed by atoms with Crippen LogP contribution in [0.5, 0.6) is 5.75 Å². The van der Waals surface area contributed by atoms with Crippen LogP contribution in [0.15, 0.2) is 41.3 Å². The molecule has 0 saturated carbocycles. The van der Waals surface area contributed by atoms with Gasteiger partial charge in [0.2, 0.25) is 11.8 Å². The molecular weight excluding hydrogens is 370 g/mol. The van der Waals surface area contributed by atoms with E-state index in [0.717, 1.165) is 5.56 Å². The average molecular weight is 389 g/mol. The highest BCUT2D eigenvalue weighted by Crippen LogP contribution is 2.31. The standard InChI is InChI=1S/C18H19N3O5S/c1-10-4-7-16(26-3)15(8-10)21-27(24,25)12-5-6-13-14(9-12)20-18(23)11(2)17(22)19-13/h4-9,11,21H,1-3H3,(H,19,22)(H,20,23). The molecule has 0 aliphatic carbocycles. The van der Waals surface area contributed by atoms with Crippen LogP contribution in [0, 0.1) is 12.8 Å². The number of methoxy groups -OCH3 is 1. The van der Waals surface area contributed by atoms with Gasteiger partial charge in [-0.2, -0.15) is 0 Å². The lowest BCUT2D eigenvalue weighted by atomic mass is 10.1. The monoisotopic (exact) mass is 389 g/mol. The molecule has 142 valence electrons. The summed E-state index contributed by atoms with van der Waals surface area (Å²) in [4.78, 5) is 23.8. The Bertz CT molecular complexity index is 1030. The summed E-state index contributed by atoms with van der Waals surface area (Å²) >= 11 is 0. The maximum Gasteiger partial charge on any atom is 0.262 e. The molecule has 1 unspecified atom stereocenters. The zero-order valence-electron chi connectivity index (χ0n) is 15.0. The zero-order valence-corrected chi connectivity index (χ0v) is 15.8. The number of amides is 2. The number of nitrogens with one attached hydrogen (secondary N) is 3. The Labute approximate surface area is 157 Å². The van der Waals surface area contributed by atoms with Crippen LogP contribution in [0.4, 0.5) is 17.1 Å². The fourth-order valence-corrected chi connectivity index (χ4v) is 3.70. The number of aryl methyl sites for hydroxylation is 1. The van der Waals surface area contributed by atoms with Crippen molar-refractivity contribution in [1.82, 2.24) is 0 Å². The van der Waals surface area contributed by atoms with Gasteiger partial charge in [-0.15, -0.1) is 0 Å². The largest absolute Gasteiger partial charge is 0.495 e. The second-order valence-electron chi connectivity index (χ2n) is 6.22. The van der Waals surface area contributed by atoms with Gasteiger partial charge in [-0.3, -0.25) is 14.3 Å². The molecule has 2 aromatic rings. The predicted octanol–water partition coefficient (Wildman–Crippen LogP) is 2.33. The molecule has 0 spiro atoms. The number of fused-ring (bicyclic) bond motifs is 1. The van der Waals surface area contributed by atoms with Crippen LogP contribution in [0.25, 0.3) is 0 Å². The van der Waals surface area contributed by atoms with Gasteiger partial charge in [0.15, 0.2) is 0 Å². The number of hydrogen-bond acceptors (Lipinski definition) is 5. The molecule has 3 N–H and O–H groups in total. The van der Waals surface area contributed by atoms with Gasteiger partial charge in [0.05, 0.1) is 29.1 Å². The summed E-state index contributed by atoms with van der Waals surface area (Å²) in [7, 11) is -2.50. The first-order chi connectivity index (χ1) is 12.7. The average Bonchev–Trinajstić information content (AvgIpc) is 2.71. The number of anilines is 3. The molecular formula is C18H19N3O5S. The first-order valence-electron chi connectivity index (χ1n) is 8.14. The van der Waals surface area contributed by atoms with Crippen molar-refractivity contribution in [3.8, 4) is 5.75 Å². The summed E-state index contributed by atoms with van der Waals surface area (Å²) in [5.74, 6) is -1.46. The molecule has 1 atom stereocenters. The van der Waals surface area contributed by atoms with Crippen LogP contribution in [0.1, 0.15) is 12.5 Å². The Balaban J connectivity index is 1.97. The van der Waals surface area contributed by atoms with E-state index in [0.29, 0.717) is 17.1 Å². The summed E-state index contributed by atoms with van der Waals surface area (Å²) < 4.78 is 33.3. The molecule has 0 fully saturated rings. The van der Waals surface area contributed by atoms with Crippen molar-refractivity contribution in [2.24, 2.45) is 5.92 Å². The Kier molecular flexibility index (Phi) is 4.79. The second kappa shape index (κ2) is 6.92. The molecule has 9 heteroatoms. The van der Waals surface area contributed by atoms with Crippen molar-refractivity contribution >= 4 is 38.9 Å². The van der Waals surface area contributed by atoms with E-state index in [-0.39, 0.29) is 10.6 Å². The predicted molar refractivity (Wildman–Crippen MR) is 101 cm³/mol. The third-order valence-electron chi connectivity index (χ3n) is 4.20. The summed E-state index contributed by atoms with van der Waals surface area (Å²) in [6.45, 7) is 3.30. The molecule has 0 radical (unpaired) electrons. The van der Waals surface area contributed by atoms with Crippen LogP contribution in [-0.2, 0) is 19.6 Å². The highest BCUT2D eigenvalue weighted by molar-refractivity contribution is 7.92. The van der Waals surface area contributed by atoms with Gasteiger partial charge in [0.1, 0.15) is 11.7 Å². The van der Waals surface area contributed by atoms with E-state index in [1.54, 1.807) is 18.2 Å². The molecule has 2 aromatic carbocycles. The molecule has 2 amide bonds. The minimum atomic E-state index is -3.95. The molecule has 1 aliphatic rings. The minimum absolute atomic E-state index is 0.0612. The topological polar surface area (TPSA) is 114 Å². The molecule has 1 heterocycles. The van der Waals surface area contributed by atoms with Gasteiger partial charge in [0.25, 0.3) is 10.0 Å². The van der Waals surface area contributed by atoms with Crippen LogP contribution in [0.2, 0.25) is 0 Å². The highest BCUT2D eigenvalue weighted by Gasteiger charge is 2.28. The molecule has 8 nitrogen and oxygen atoms in total. The lowest BCUT2D eigenvalue weighted by molar-refractivity contribution is -0.128. The third-order valence-corrected chi connectivity index (χ3v) is 5.57. The van der Waals surface area contributed by atoms with E-state index in [1.165, 1.54) is 32.2 Å². The summed E-state index contributed by atoms with van der Waals surface area (Å²) in [6.07, 6.45) is 0. The minimum Gasteiger partial charge on any atom is -0.495 e. The smallest absolute Gasteiger partial charge is 0.262 e. The summed E-state index contributed by atoms with van der Waals surface area (Å²) in [6, 6.07) is 9.22. The first kappa shape index (κ1) is 18.7. The number of ether oxygens (including phenoxy) is 1. The number of carbonyl (C=O) groups is 2. The molecule has 3 rings (SSSR count). The zero-order chi connectivity index (χ0) is 19.8. The summed E-state index contributed by atoms with van der Waals surface area (Å²) in [5.41, 5.74) is 1.72. The number of sulfonamides is 1. The van der Waals surface area contributed by atoms with Gasteiger partial charge in [-0.1, -0.05) is 6.07 Å². The van der Waals surface area contributed by atoms with Crippen LogP contribution in [-0.4, -0.2) is 27.3 Å². The Morgan fingerprint density at radius 2 is 1.67 bits per heavy atom. The summed E-state index contributed by atoms with van der Waals surface area (Å²) in [5, 5.41) is 5.17. The van der Waals surface area contributed by atoms with Crippen molar-refractivity contribution in [3.05, 3.63) is 42.0 Å². The van der Waals surface area contributed by atoms with E-state index in [4.69, 9.17) is 4.74 Å². The number of carbonyl (C=O) groups excluding carboxylic acids is 2. The van der Waals surface area contributed by atoms with Crippen molar-refractivity contribution in [3.63, 3.8) is 0 Å². The van der Waals surface area contributed by atoms with Crippen LogP contribution < -0.4 is 20.1 Å². The lowest BCUT2D eigenvalue weighted by Crippen LogP contribution is -2.28. The molecule has 0 bridgehead atoms. The van der Waals surface area contributed by atoms with Gasteiger partial charge in [-0.25, -0.2) is 8.42 Å². The van der Waals surface area contributed by atoms with Crippen molar-refractivity contribution < 1.29 is 22.7 Å². The third kappa shape index (κ3) is 3.72. The fourth-order valence-electron chi connectivity index (χ4n) is 2.61. The van der Waals surface area contributed by atoms with Gasteiger partial charge >= 0.3 is 0 Å². The maximum absolute atomic E-state index is 12.8. The number of hydrogen-bond donors (Lipinski definition) is 3.